The monoisotopic (exact) mass is 1030 g/mol. The molecule has 0 spiro atoms. The first-order valence-electron chi connectivity index (χ1n) is 21.7. The standard InChI is InChI=1S/C59H37N5O.Pt/c1-4-18-41(19-5-1)47-27-17-28-48(42-20-6-2-7-21-42)59(47)63-40-62(55-31-12-13-32-56(55)63)44-24-16-25-45(36-44)65-46-33-34-50-49-26-10-11-30-54(49)64(57(50)37-46)58-38-51(43-22-8-3-9-23-43)52(39-61-58)53-29-14-15-35-60-53;/h1-35,38-39H;/q-2;. The first-order chi connectivity index (χ1) is 32.7. The molecular weight excluding hydrogens is 990 g/mol. The van der Waals surface area contributed by atoms with Crippen LogP contribution in [-0.2, 0) is 19.4 Å². The summed E-state index contributed by atoms with van der Waals surface area (Å²) in [6.45, 7) is 0. The number of rotatable bonds is 9. The zero-order valence-corrected chi connectivity index (χ0v) is 37.6. The van der Waals surface area contributed by atoms with Crippen molar-refractivity contribution >= 4 is 32.8 Å². The Hall–Kier alpha value is -8.18. The van der Waals surface area contributed by atoms with E-state index in [9.17, 15) is 0 Å². The number of nitrogens with zero attached hydrogens (tertiary/aromatic N) is 5. The van der Waals surface area contributed by atoms with Gasteiger partial charge in [0.1, 0.15) is 0 Å². The molecule has 7 heteroatoms. The molecule has 0 saturated carbocycles. The molecule has 0 N–H and O–H groups in total. The second-order valence-corrected chi connectivity index (χ2v) is 17.0. The molecule has 6 nitrogen and oxygen atoms in total. The second-order valence-electron chi connectivity index (χ2n) is 15.9. The molecule has 0 unspecified atom stereocenters. The summed E-state index contributed by atoms with van der Waals surface area (Å²) >= 11 is 2.47. The normalized spacial score (nSPS) is 11.4. The van der Waals surface area contributed by atoms with Gasteiger partial charge in [-0.3, -0.25) is 4.98 Å². The first kappa shape index (κ1) is 39.4. The summed E-state index contributed by atoms with van der Waals surface area (Å²) in [5.41, 5.74) is 14.5. The molecule has 0 aliphatic rings. The Labute approximate surface area is 392 Å². The number of pyridine rings is 2. The van der Waals surface area contributed by atoms with Gasteiger partial charge in [-0.15, -0.1) is 0 Å². The molecule has 4 heterocycles. The molecule has 0 fully saturated rings. The molecule has 12 rings (SSSR count). The van der Waals surface area contributed by atoms with Gasteiger partial charge in [0.2, 0.25) is 0 Å². The zero-order chi connectivity index (χ0) is 44.0. The minimum absolute atomic E-state index is 0.569. The van der Waals surface area contributed by atoms with Crippen LogP contribution >= 0.6 is 0 Å². The summed E-state index contributed by atoms with van der Waals surface area (Å²) in [4.78, 5) is 9.79. The molecule has 0 amide bonds. The van der Waals surface area contributed by atoms with Gasteiger partial charge in [-0.05, 0) is 23.3 Å². The Bertz CT molecular complexity index is 3750. The van der Waals surface area contributed by atoms with Crippen LogP contribution in [0.5, 0.6) is 11.5 Å². The van der Waals surface area contributed by atoms with Crippen LogP contribution in [0.1, 0.15) is 0 Å². The molecular formula is C59H37N5OPt-2. The molecule has 0 aliphatic heterocycles. The fourth-order valence-corrected chi connectivity index (χ4v) is 10.2. The van der Waals surface area contributed by atoms with Gasteiger partial charge in [-0.25, -0.2) is 0 Å². The summed E-state index contributed by atoms with van der Waals surface area (Å²) in [6, 6.07) is 80.8. The zero-order valence-electron chi connectivity index (χ0n) is 35.3. The number of imidazole rings is 1. The second kappa shape index (κ2) is 16.7. The van der Waals surface area contributed by atoms with Crippen molar-refractivity contribution in [2.24, 2.45) is 0 Å². The fraction of sp³-hybridized carbons (Fsp3) is 0. The number of benzene rings is 8. The van der Waals surface area contributed by atoms with E-state index in [1.807, 2.05) is 54.9 Å². The third kappa shape index (κ3) is 6.91. The van der Waals surface area contributed by atoms with Crippen molar-refractivity contribution in [2.75, 3.05) is 0 Å². The van der Waals surface area contributed by atoms with Gasteiger partial charge in [-0.2, -0.15) is 0 Å². The van der Waals surface area contributed by atoms with Gasteiger partial charge in [0.05, 0.1) is 5.69 Å². The molecule has 12 aromatic rings. The van der Waals surface area contributed by atoms with Crippen LogP contribution in [0.25, 0.3) is 94.7 Å². The van der Waals surface area contributed by atoms with Crippen molar-refractivity contribution in [3.05, 3.63) is 241 Å². The number of fused-ring (bicyclic) bond motifs is 4. The summed E-state index contributed by atoms with van der Waals surface area (Å²) in [5.74, 6) is 1.92. The molecule has 316 valence electrons. The van der Waals surface area contributed by atoms with E-state index in [2.05, 4.69) is 215 Å². The topological polar surface area (TPSA) is 49.8 Å². The van der Waals surface area contributed by atoms with E-state index in [1.165, 1.54) is 0 Å². The maximum absolute atomic E-state index is 6.73. The van der Waals surface area contributed by atoms with Crippen LogP contribution in [-0.4, -0.2) is 23.7 Å². The van der Waals surface area contributed by atoms with E-state index in [0.29, 0.717) is 11.5 Å². The molecule has 8 aromatic carbocycles. The van der Waals surface area contributed by atoms with E-state index < -0.39 is 0 Å². The van der Waals surface area contributed by atoms with Gasteiger partial charge in [0.25, 0.3) is 0 Å². The number of hydrogen-bond acceptors (Lipinski definition) is 3. The molecule has 0 radical (unpaired) electrons. The maximum atomic E-state index is 6.73. The minimum atomic E-state index is 0.569. The third-order valence-electron chi connectivity index (χ3n) is 12.0. The fourth-order valence-electron chi connectivity index (χ4n) is 9.11. The first-order valence-corrected chi connectivity index (χ1v) is 22.9. The van der Waals surface area contributed by atoms with Gasteiger partial charge in [0.15, 0.2) is 0 Å². The molecule has 4 aromatic heterocycles. The van der Waals surface area contributed by atoms with E-state index in [0.717, 1.165) is 98.5 Å². The summed E-state index contributed by atoms with van der Waals surface area (Å²) in [5, 5.41) is 2.16. The molecule has 0 bridgehead atoms. The third-order valence-corrected chi connectivity index (χ3v) is 13.1. The Morgan fingerprint density at radius 3 is 1.70 bits per heavy atom. The van der Waals surface area contributed by atoms with Crippen molar-refractivity contribution in [1.82, 2.24) is 23.7 Å². The van der Waals surface area contributed by atoms with E-state index in [4.69, 9.17) is 14.7 Å². The van der Waals surface area contributed by atoms with Gasteiger partial charge < -0.3 is 0 Å². The average molecular weight is 1030 g/mol. The van der Waals surface area contributed by atoms with Gasteiger partial charge in [0, 0.05) is 18.0 Å². The number of hydrogen-bond donors (Lipinski definition) is 0. The van der Waals surface area contributed by atoms with Gasteiger partial charge in [-0.1, -0.05) is 48.5 Å². The van der Waals surface area contributed by atoms with Crippen LogP contribution in [0, 0.1) is 15.9 Å². The van der Waals surface area contributed by atoms with Crippen LogP contribution in [0.4, 0.5) is 0 Å². The van der Waals surface area contributed by atoms with Crippen molar-refractivity contribution in [3.63, 3.8) is 0 Å². The summed E-state index contributed by atoms with van der Waals surface area (Å²) < 4.78 is 14.5. The number of aromatic nitrogens is 5. The van der Waals surface area contributed by atoms with E-state index in [1.54, 1.807) is 0 Å². The summed E-state index contributed by atoms with van der Waals surface area (Å²) in [6.07, 6.45) is 3.75. The Kier molecular flexibility index (Phi) is 10.00. The molecule has 0 atom stereocenters. The quantitative estimate of drug-likeness (QED) is 0.135. The molecule has 0 saturated heterocycles. The van der Waals surface area contributed by atoms with Gasteiger partial charge >= 0.3 is 294 Å². The number of ether oxygens (including phenoxy) is 1. The predicted octanol–water partition coefficient (Wildman–Crippen LogP) is 14.4. The molecule has 0 aliphatic carbocycles. The van der Waals surface area contributed by atoms with E-state index >= 15 is 0 Å². The Morgan fingerprint density at radius 2 is 1.02 bits per heavy atom. The van der Waals surface area contributed by atoms with Crippen molar-refractivity contribution in [1.29, 1.82) is 0 Å². The number of para-hydroxylation sites is 4. The predicted molar refractivity (Wildman–Crippen MR) is 262 cm³/mol. The molecule has 66 heavy (non-hydrogen) atoms. The summed E-state index contributed by atoms with van der Waals surface area (Å²) in [7, 11) is 0. The van der Waals surface area contributed by atoms with Crippen LogP contribution in [0.15, 0.2) is 225 Å². The van der Waals surface area contributed by atoms with Crippen LogP contribution in [0.3, 0.4) is 0 Å². The average Bonchev–Trinajstić information content (AvgIpc) is 3.87. The van der Waals surface area contributed by atoms with Crippen LogP contribution < -0.4 is 4.74 Å². The van der Waals surface area contributed by atoms with Crippen molar-refractivity contribution < 1.29 is 24.1 Å². The van der Waals surface area contributed by atoms with E-state index in [-0.39, 0.29) is 0 Å². The van der Waals surface area contributed by atoms with Crippen molar-refractivity contribution in [3.8, 4) is 73.3 Å². The Morgan fingerprint density at radius 1 is 0.424 bits per heavy atom. The van der Waals surface area contributed by atoms with Crippen molar-refractivity contribution in [2.45, 2.75) is 0 Å². The van der Waals surface area contributed by atoms with Crippen LogP contribution in [0.2, 0.25) is 0 Å². The Balaban J connectivity index is 0.978. The SMILES string of the molecule is [Pt]=[c]1n(-c2[c-]c(Oc3[c-]c4c(cc3)c3ccccc3n4-c3cc(-c4ccccc4)c(-c4ccccn4)cn3)ccc2)c2ccccc2n1-c1c(-c2ccccc2)cccc1-c1ccccc1.